The largest absolute Gasteiger partial charge is 0.495 e. The van der Waals surface area contributed by atoms with Crippen LogP contribution in [0.15, 0.2) is 38.6 Å². The van der Waals surface area contributed by atoms with E-state index in [1.165, 1.54) is 4.88 Å². The molecule has 5 heteroatoms. The first-order valence-electron chi connectivity index (χ1n) is 6.81. The van der Waals surface area contributed by atoms with Crippen LogP contribution < -0.4 is 10.1 Å². The van der Waals surface area contributed by atoms with Crippen molar-refractivity contribution in [2.45, 2.75) is 26.4 Å². The van der Waals surface area contributed by atoms with Gasteiger partial charge in [0.05, 0.1) is 11.6 Å². The third kappa shape index (κ3) is 4.31. The van der Waals surface area contributed by atoms with Crippen LogP contribution in [0.4, 0.5) is 0 Å². The van der Waals surface area contributed by atoms with Crippen LogP contribution in [0.25, 0.3) is 0 Å². The number of hydrogen-bond donors (Lipinski definition) is 1. The number of rotatable bonds is 6. The molecule has 2 nitrogen and oxygen atoms in total. The van der Waals surface area contributed by atoms with E-state index in [1.807, 2.05) is 6.07 Å². The predicted octanol–water partition coefficient (Wildman–Crippen LogP) is 5.77. The highest BCUT2D eigenvalue weighted by molar-refractivity contribution is 9.11. The maximum absolute atomic E-state index is 5.51. The van der Waals surface area contributed by atoms with E-state index >= 15 is 0 Å². The molecule has 0 aliphatic heterocycles. The van der Waals surface area contributed by atoms with Crippen LogP contribution in [0.1, 0.15) is 30.3 Å². The summed E-state index contributed by atoms with van der Waals surface area (Å²) in [5.74, 6) is 1.42. The molecule has 2 rings (SSSR count). The summed E-state index contributed by atoms with van der Waals surface area (Å²) < 4.78 is 7.52. The molecular weight excluding hydrogens is 414 g/mol. The van der Waals surface area contributed by atoms with Crippen molar-refractivity contribution in [2.75, 3.05) is 7.11 Å². The Balaban J connectivity index is 2.18. The Labute approximate surface area is 147 Å². The molecule has 0 spiro atoms. The Bertz CT molecular complexity index is 584. The molecule has 1 unspecified atom stereocenters. The van der Waals surface area contributed by atoms with E-state index in [0.29, 0.717) is 12.0 Å². The summed E-state index contributed by atoms with van der Waals surface area (Å²) in [7, 11) is 1.71. The van der Waals surface area contributed by atoms with Gasteiger partial charge in [-0.25, -0.2) is 0 Å². The minimum Gasteiger partial charge on any atom is -0.495 e. The van der Waals surface area contributed by atoms with Crippen molar-refractivity contribution in [3.63, 3.8) is 0 Å². The third-order valence-corrected chi connectivity index (χ3v) is 5.32. The highest BCUT2D eigenvalue weighted by Gasteiger charge is 2.17. The lowest BCUT2D eigenvalue weighted by molar-refractivity contribution is 0.389. The summed E-state index contributed by atoms with van der Waals surface area (Å²) in [4.78, 5) is 1.37. The molecule has 1 atom stereocenters. The number of thiophene rings is 1. The molecule has 1 heterocycles. The molecule has 0 aliphatic carbocycles. The van der Waals surface area contributed by atoms with Gasteiger partial charge in [-0.1, -0.05) is 35.8 Å². The summed E-state index contributed by atoms with van der Waals surface area (Å²) in [6.45, 7) is 5.25. The fourth-order valence-electron chi connectivity index (χ4n) is 2.33. The van der Waals surface area contributed by atoms with Crippen molar-refractivity contribution in [1.82, 2.24) is 5.32 Å². The van der Waals surface area contributed by atoms with Crippen molar-refractivity contribution < 1.29 is 4.74 Å². The van der Waals surface area contributed by atoms with Gasteiger partial charge in [0, 0.05) is 27.5 Å². The average molecular weight is 433 g/mol. The second-order valence-corrected chi connectivity index (χ2v) is 7.95. The second kappa shape index (κ2) is 7.77. The van der Waals surface area contributed by atoms with Crippen LogP contribution in [0.5, 0.6) is 5.75 Å². The predicted molar refractivity (Wildman–Crippen MR) is 97.1 cm³/mol. The minimum atomic E-state index is 0.354. The Morgan fingerprint density at radius 3 is 2.62 bits per heavy atom. The van der Waals surface area contributed by atoms with E-state index in [9.17, 15) is 0 Å². The highest BCUT2D eigenvalue weighted by atomic mass is 79.9. The molecule has 114 valence electrons. The molecule has 0 saturated heterocycles. The Hall–Kier alpha value is -0.360. The van der Waals surface area contributed by atoms with E-state index in [0.717, 1.165) is 26.8 Å². The van der Waals surface area contributed by atoms with Crippen molar-refractivity contribution in [2.24, 2.45) is 5.92 Å². The molecule has 1 N–H and O–H groups in total. The number of benzene rings is 1. The van der Waals surface area contributed by atoms with Gasteiger partial charge in [-0.3, -0.25) is 0 Å². The van der Waals surface area contributed by atoms with Crippen molar-refractivity contribution >= 4 is 43.2 Å². The lowest BCUT2D eigenvalue weighted by Gasteiger charge is -2.22. The summed E-state index contributed by atoms with van der Waals surface area (Å²) in [6.07, 6.45) is 0. The standard InChI is InChI=1S/C16H19Br2NOS/c1-10(2)15(14-5-4-6-21-14)19-9-11-7-12(17)8-13(18)16(11)20-3/h4-8,10,15,19H,9H2,1-3H3. The lowest BCUT2D eigenvalue weighted by Crippen LogP contribution is -2.24. The fraction of sp³-hybridized carbons (Fsp3) is 0.375. The number of halogens is 2. The molecule has 0 aliphatic rings. The van der Waals surface area contributed by atoms with Gasteiger partial charge in [0.2, 0.25) is 0 Å². The van der Waals surface area contributed by atoms with Crippen molar-refractivity contribution in [3.8, 4) is 5.75 Å². The van der Waals surface area contributed by atoms with Crippen LogP contribution in [-0.2, 0) is 6.54 Å². The van der Waals surface area contributed by atoms with Crippen LogP contribution >= 0.6 is 43.2 Å². The van der Waals surface area contributed by atoms with E-state index in [1.54, 1.807) is 18.4 Å². The fourth-order valence-corrected chi connectivity index (χ4v) is 4.78. The minimum absolute atomic E-state index is 0.354. The Kier molecular flexibility index (Phi) is 6.29. The first-order valence-corrected chi connectivity index (χ1v) is 9.28. The van der Waals surface area contributed by atoms with Gasteiger partial charge < -0.3 is 10.1 Å². The quantitative estimate of drug-likeness (QED) is 0.625. The Morgan fingerprint density at radius 2 is 2.05 bits per heavy atom. The van der Waals surface area contributed by atoms with Crippen LogP contribution in [0.3, 0.4) is 0 Å². The SMILES string of the molecule is COc1c(Br)cc(Br)cc1CNC(c1cccs1)C(C)C. The van der Waals surface area contributed by atoms with Gasteiger partial charge in [-0.2, -0.15) is 0 Å². The molecule has 1 aromatic heterocycles. The zero-order valence-corrected chi connectivity index (χ0v) is 16.3. The van der Waals surface area contributed by atoms with Gasteiger partial charge in [0.15, 0.2) is 0 Å². The van der Waals surface area contributed by atoms with Crippen LogP contribution in [-0.4, -0.2) is 7.11 Å². The molecule has 0 radical (unpaired) electrons. The molecule has 0 amide bonds. The smallest absolute Gasteiger partial charge is 0.137 e. The van der Waals surface area contributed by atoms with Gasteiger partial charge >= 0.3 is 0 Å². The molecule has 2 aromatic rings. The average Bonchev–Trinajstić information content (AvgIpc) is 2.92. The monoisotopic (exact) mass is 431 g/mol. The summed E-state index contributed by atoms with van der Waals surface area (Å²) in [6, 6.07) is 8.75. The number of nitrogens with one attached hydrogen (secondary N) is 1. The highest BCUT2D eigenvalue weighted by Crippen LogP contribution is 2.33. The van der Waals surface area contributed by atoms with Gasteiger partial charge in [-0.15, -0.1) is 11.3 Å². The summed E-state index contributed by atoms with van der Waals surface area (Å²) in [5.41, 5.74) is 1.14. The third-order valence-electron chi connectivity index (χ3n) is 3.32. The van der Waals surface area contributed by atoms with E-state index in [-0.39, 0.29) is 0 Å². The molecule has 21 heavy (non-hydrogen) atoms. The normalized spacial score (nSPS) is 12.7. The van der Waals surface area contributed by atoms with Crippen molar-refractivity contribution in [1.29, 1.82) is 0 Å². The van der Waals surface area contributed by atoms with Gasteiger partial charge in [0.1, 0.15) is 5.75 Å². The van der Waals surface area contributed by atoms with E-state index in [2.05, 4.69) is 74.6 Å². The van der Waals surface area contributed by atoms with Gasteiger partial charge in [-0.05, 0) is 45.4 Å². The van der Waals surface area contributed by atoms with Crippen LogP contribution in [0, 0.1) is 5.92 Å². The second-order valence-electron chi connectivity index (χ2n) is 5.20. The van der Waals surface area contributed by atoms with Crippen LogP contribution in [0.2, 0.25) is 0 Å². The lowest BCUT2D eigenvalue weighted by atomic mass is 10.0. The number of methoxy groups -OCH3 is 1. The first-order chi connectivity index (χ1) is 10.0. The first kappa shape index (κ1) is 17.0. The number of hydrogen-bond acceptors (Lipinski definition) is 3. The van der Waals surface area contributed by atoms with E-state index < -0.39 is 0 Å². The maximum atomic E-state index is 5.51. The maximum Gasteiger partial charge on any atom is 0.137 e. The summed E-state index contributed by atoms with van der Waals surface area (Å²) in [5, 5.41) is 5.78. The summed E-state index contributed by atoms with van der Waals surface area (Å²) >= 11 is 8.89. The topological polar surface area (TPSA) is 21.3 Å². The van der Waals surface area contributed by atoms with Crippen molar-refractivity contribution in [3.05, 3.63) is 49.0 Å². The molecule has 1 aromatic carbocycles. The molecular formula is C16H19Br2NOS. The number of ether oxygens (including phenoxy) is 1. The zero-order chi connectivity index (χ0) is 15.4. The van der Waals surface area contributed by atoms with Gasteiger partial charge in [0.25, 0.3) is 0 Å². The molecule has 0 saturated carbocycles. The molecule has 0 bridgehead atoms. The van der Waals surface area contributed by atoms with E-state index in [4.69, 9.17) is 4.74 Å². The zero-order valence-electron chi connectivity index (χ0n) is 12.3. The Morgan fingerprint density at radius 1 is 1.29 bits per heavy atom. The molecule has 0 fully saturated rings.